The number of benzene rings is 3. The number of hydrogen-bond donors (Lipinski definition) is 1. The van der Waals surface area contributed by atoms with Gasteiger partial charge in [0.15, 0.2) is 17.6 Å². The molecule has 1 aliphatic heterocycles. The summed E-state index contributed by atoms with van der Waals surface area (Å²) in [5, 5.41) is 2.71. The Morgan fingerprint density at radius 2 is 1.47 bits per heavy atom. The van der Waals surface area contributed by atoms with E-state index in [0.29, 0.717) is 41.7 Å². The second-order valence-electron chi connectivity index (χ2n) is 7.59. The number of hydrogen-bond acceptors (Lipinski definition) is 7. The maximum absolute atomic E-state index is 12.5. The Hall–Kier alpha value is -4.33. The lowest BCUT2D eigenvalue weighted by Crippen LogP contribution is -2.30. The molecule has 0 spiro atoms. The summed E-state index contributed by atoms with van der Waals surface area (Å²) < 4.78 is 21.3. The molecule has 0 saturated heterocycles. The average Bonchev–Trinajstić information content (AvgIpc) is 2.84. The topological polar surface area (TPSA) is 100 Å². The SMILES string of the molecule is CC(=O)Oc1ccc(-c2ccc(C(=O)O[C@H](C)C(=O)Nc3ccc4c(c3)OCCO4)cc2)cc1. The van der Waals surface area contributed by atoms with Gasteiger partial charge in [0.05, 0.1) is 5.56 Å². The quantitative estimate of drug-likeness (QED) is 0.433. The van der Waals surface area contributed by atoms with Crippen LogP contribution in [0.4, 0.5) is 5.69 Å². The van der Waals surface area contributed by atoms with Crippen molar-refractivity contribution in [1.82, 2.24) is 0 Å². The van der Waals surface area contributed by atoms with Gasteiger partial charge < -0.3 is 24.3 Å². The first-order chi connectivity index (χ1) is 16.4. The van der Waals surface area contributed by atoms with Crippen LogP contribution in [0.25, 0.3) is 11.1 Å². The van der Waals surface area contributed by atoms with Gasteiger partial charge in [0.1, 0.15) is 19.0 Å². The molecule has 3 aromatic carbocycles. The van der Waals surface area contributed by atoms with Crippen LogP contribution in [0.3, 0.4) is 0 Å². The van der Waals surface area contributed by atoms with E-state index in [2.05, 4.69) is 5.32 Å². The summed E-state index contributed by atoms with van der Waals surface area (Å²) in [7, 11) is 0. The molecular formula is C26H23NO7. The molecule has 0 aliphatic carbocycles. The van der Waals surface area contributed by atoms with Crippen LogP contribution in [0.2, 0.25) is 0 Å². The lowest BCUT2D eigenvalue weighted by molar-refractivity contribution is -0.131. The number of amides is 1. The van der Waals surface area contributed by atoms with Crippen molar-refractivity contribution in [3.8, 4) is 28.4 Å². The predicted octanol–water partition coefficient (Wildman–Crippen LogP) is 4.23. The van der Waals surface area contributed by atoms with E-state index >= 15 is 0 Å². The van der Waals surface area contributed by atoms with Gasteiger partial charge in [-0.3, -0.25) is 9.59 Å². The minimum absolute atomic E-state index is 0.319. The maximum Gasteiger partial charge on any atom is 0.338 e. The van der Waals surface area contributed by atoms with Gasteiger partial charge in [0.2, 0.25) is 0 Å². The molecule has 3 aromatic rings. The Morgan fingerprint density at radius 3 is 2.12 bits per heavy atom. The molecule has 0 bridgehead atoms. The average molecular weight is 461 g/mol. The van der Waals surface area contributed by atoms with Gasteiger partial charge in [-0.15, -0.1) is 0 Å². The fraction of sp³-hybridized carbons (Fsp3) is 0.192. The van der Waals surface area contributed by atoms with Crippen molar-refractivity contribution in [2.75, 3.05) is 18.5 Å². The van der Waals surface area contributed by atoms with E-state index in [1.54, 1.807) is 54.6 Å². The Bertz CT molecular complexity index is 1200. The van der Waals surface area contributed by atoms with Crippen LogP contribution < -0.4 is 19.5 Å². The zero-order chi connectivity index (χ0) is 24.1. The first kappa shape index (κ1) is 22.8. The molecule has 1 atom stereocenters. The van der Waals surface area contributed by atoms with Crippen LogP contribution in [0.1, 0.15) is 24.2 Å². The van der Waals surface area contributed by atoms with Crippen molar-refractivity contribution in [2.45, 2.75) is 20.0 Å². The van der Waals surface area contributed by atoms with Crippen LogP contribution in [0.15, 0.2) is 66.7 Å². The van der Waals surface area contributed by atoms with E-state index in [0.717, 1.165) is 11.1 Å². The van der Waals surface area contributed by atoms with Gasteiger partial charge >= 0.3 is 11.9 Å². The predicted molar refractivity (Wildman–Crippen MR) is 124 cm³/mol. The van der Waals surface area contributed by atoms with Crippen LogP contribution in [-0.2, 0) is 14.3 Å². The highest BCUT2D eigenvalue weighted by molar-refractivity contribution is 5.97. The molecule has 0 fully saturated rings. The van der Waals surface area contributed by atoms with Crippen molar-refractivity contribution in [1.29, 1.82) is 0 Å². The zero-order valence-corrected chi connectivity index (χ0v) is 18.7. The standard InChI is InChI=1S/C26H23NO7/c1-16(25(29)27-21-9-12-23-24(15-21)32-14-13-31-23)33-26(30)20-5-3-18(4-6-20)19-7-10-22(11-8-19)34-17(2)28/h3-12,15-16H,13-14H2,1-2H3,(H,27,29)/t16-/m1/s1. The van der Waals surface area contributed by atoms with Crippen molar-refractivity contribution in [2.24, 2.45) is 0 Å². The van der Waals surface area contributed by atoms with E-state index in [-0.39, 0.29) is 5.97 Å². The van der Waals surface area contributed by atoms with Crippen LogP contribution in [0, 0.1) is 0 Å². The second kappa shape index (κ2) is 10.1. The number of fused-ring (bicyclic) bond motifs is 1. The lowest BCUT2D eigenvalue weighted by atomic mass is 10.0. The Labute approximate surface area is 196 Å². The summed E-state index contributed by atoms with van der Waals surface area (Å²) in [5.41, 5.74) is 2.60. The highest BCUT2D eigenvalue weighted by atomic mass is 16.6. The third kappa shape index (κ3) is 5.53. The molecule has 0 saturated carbocycles. The number of rotatable bonds is 6. The van der Waals surface area contributed by atoms with E-state index < -0.39 is 18.0 Å². The molecule has 1 aliphatic rings. The number of esters is 2. The largest absolute Gasteiger partial charge is 0.486 e. The van der Waals surface area contributed by atoms with E-state index in [1.165, 1.54) is 13.8 Å². The number of carbonyl (C=O) groups is 3. The van der Waals surface area contributed by atoms with Gasteiger partial charge in [0, 0.05) is 18.7 Å². The van der Waals surface area contributed by atoms with Crippen LogP contribution >= 0.6 is 0 Å². The summed E-state index contributed by atoms with van der Waals surface area (Å²) in [6.45, 7) is 3.77. The smallest absolute Gasteiger partial charge is 0.338 e. The Kier molecular flexibility index (Phi) is 6.77. The summed E-state index contributed by atoms with van der Waals surface area (Å²) in [6, 6.07) is 18.9. The molecular weight excluding hydrogens is 438 g/mol. The molecule has 0 radical (unpaired) electrons. The zero-order valence-electron chi connectivity index (χ0n) is 18.7. The van der Waals surface area contributed by atoms with Crippen molar-refractivity contribution >= 4 is 23.5 Å². The Morgan fingerprint density at radius 1 is 0.853 bits per heavy atom. The summed E-state index contributed by atoms with van der Waals surface area (Å²) in [4.78, 5) is 36.0. The van der Waals surface area contributed by atoms with Crippen molar-refractivity contribution in [3.05, 3.63) is 72.3 Å². The minimum atomic E-state index is -1.01. The summed E-state index contributed by atoms with van der Waals surface area (Å²) in [5.74, 6) is 0.170. The fourth-order valence-electron chi connectivity index (χ4n) is 3.33. The van der Waals surface area contributed by atoms with Crippen LogP contribution in [-0.4, -0.2) is 37.2 Å². The minimum Gasteiger partial charge on any atom is -0.486 e. The summed E-state index contributed by atoms with van der Waals surface area (Å²) >= 11 is 0. The van der Waals surface area contributed by atoms with Crippen LogP contribution in [0.5, 0.6) is 17.2 Å². The fourth-order valence-corrected chi connectivity index (χ4v) is 3.33. The van der Waals surface area contributed by atoms with E-state index in [9.17, 15) is 14.4 Å². The van der Waals surface area contributed by atoms with Gasteiger partial charge in [0.25, 0.3) is 5.91 Å². The molecule has 1 amide bonds. The summed E-state index contributed by atoms with van der Waals surface area (Å²) in [6.07, 6.45) is -1.01. The molecule has 0 unspecified atom stereocenters. The highest BCUT2D eigenvalue weighted by Gasteiger charge is 2.20. The molecule has 174 valence electrons. The van der Waals surface area contributed by atoms with Gasteiger partial charge in [-0.05, 0) is 54.4 Å². The molecule has 1 heterocycles. The highest BCUT2D eigenvalue weighted by Crippen LogP contribution is 2.32. The number of carbonyl (C=O) groups excluding carboxylic acids is 3. The molecule has 34 heavy (non-hydrogen) atoms. The second-order valence-corrected chi connectivity index (χ2v) is 7.59. The van der Waals surface area contributed by atoms with E-state index in [4.69, 9.17) is 18.9 Å². The number of ether oxygens (including phenoxy) is 4. The first-order valence-corrected chi connectivity index (χ1v) is 10.7. The van der Waals surface area contributed by atoms with E-state index in [1.807, 2.05) is 12.1 Å². The molecule has 8 nitrogen and oxygen atoms in total. The lowest BCUT2D eigenvalue weighted by Gasteiger charge is -2.19. The maximum atomic E-state index is 12.5. The molecule has 0 aromatic heterocycles. The monoisotopic (exact) mass is 461 g/mol. The molecule has 1 N–H and O–H groups in total. The molecule has 8 heteroatoms. The Balaban J connectivity index is 1.34. The third-order valence-corrected chi connectivity index (χ3v) is 5.03. The van der Waals surface area contributed by atoms with Gasteiger partial charge in [-0.2, -0.15) is 0 Å². The molecule has 4 rings (SSSR count). The van der Waals surface area contributed by atoms with Crippen molar-refractivity contribution in [3.63, 3.8) is 0 Å². The van der Waals surface area contributed by atoms with Crippen molar-refractivity contribution < 1.29 is 33.3 Å². The number of anilines is 1. The number of nitrogens with one attached hydrogen (secondary N) is 1. The van der Waals surface area contributed by atoms with Gasteiger partial charge in [-0.25, -0.2) is 4.79 Å². The first-order valence-electron chi connectivity index (χ1n) is 10.7. The van der Waals surface area contributed by atoms with Gasteiger partial charge in [-0.1, -0.05) is 24.3 Å². The normalized spacial score (nSPS) is 12.9. The third-order valence-electron chi connectivity index (χ3n) is 5.03.